The van der Waals surface area contributed by atoms with E-state index in [0.717, 1.165) is 12.0 Å². The molecule has 6 nitrogen and oxygen atoms in total. The Morgan fingerprint density at radius 2 is 1.85 bits per heavy atom. The highest BCUT2D eigenvalue weighted by atomic mass is 35.5. The third kappa shape index (κ3) is 3.61. The van der Waals surface area contributed by atoms with Crippen molar-refractivity contribution in [3.8, 4) is 23.3 Å². The Balaban J connectivity index is 2.03. The summed E-state index contributed by atoms with van der Waals surface area (Å²) in [6.07, 6.45) is 4.42. The molecule has 0 aliphatic heterocycles. The van der Waals surface area contributed by atoms with Crippen LogP contribution in [0.3, 0.4) is 0 Å². The molecule has 0 radical (unpaired) electrons. The van der Waals surface area contributed by atoms with E-state index in [-0.39, 0.29) is 0 Å². The Bertz CT molecular complexity index is 910. The number of benzene rings is 1. The molecule has 0 aliphatic carbocycles. The van der Waals surface area contributed by atoms with Gasteiger partial charge in [-0.3, -0.25) is 0 Å². The van der Waals surface area contributed by atoms with Gasteiger partial charge in [-0.2, -0.15) is 4.68 Å². The van der Waals surface area contributed by atoms with Crippen LogP contribution >= 0.6 is 23.2 Å². The van der Waals surface area contributed by atoms with Gasteiger partial charge in [0.25, 0.3) is 11.8 Å². The second kappa shape index (κ2) is 7.93. The minimum absolute atomic E-state index is 0.326. The minimum atomic E-state index is 0.326. The standard InChI is InChI=1S/C18H18Cl2N4O2/c1-4-12-9-21-18(22-10-12)24-11(3)16(17(23-24)25-5-2)26-14-8-6-7-13(19)15(14)20/h6-10H,4-5H2,1-3H3. The van der Waals surface area contributed by atoms with Crippen LogP contribution in [0.15, 0.2) is 30.6 Å². The van der Waals surface area contributed by atoms with E-state index < -0.39 is 0 Å². The van der Waals surface area contributed by atoms with Crippen LogP contribution in [0.4, 0.5) is 0 Å². The van der Waals surface area contributed by atoms with Crippen LogP contribution in [0.1, 0.15) is 25.1 Å². The van der Waals surface area contributed by atoms with E-state index in [2.05, 4.69) is 15.1 Å². The summed E-state index contributed by atoms with van der Waals surface area (Å²) in [4.78, 5) is 8.73. The molecule has 2 aromatic heterocycles. The summed E-state index contributed by atoms with van der Waals surface area (Å²) in [5, 5.41) is 5.18. The fraction of sp³-hybridized carbons (Fsp3) is 0.278. The second-order valence-corrected chi connectivity index (χ2v) is 6.25. The van der Waals surface area contributed by atoms with Crippen molar-refractivity contribution in [3.63, 3.8) is 0 Å². The highest BCUT2D eigenvalue weighted by molar-refractivity contribution is 6.42. The minimum Gasteiger partial charge on any atom is -0.474 e. The van der Waals surface area contributed by atoms with E-state index in [1.54, 1.807) is 35.3 Å². The van der Waals surface area contributed by atoms with E-state index in [0.29, 0.717) is 45.7 Å². The van der Waals surface area contributed by atoms with Crippen molar-refractivity contribution in [2.24, 2.45) is 0 Å². The molecule has 0 saturated carbocycles. The first kappa shape index (κ1) is 18.5. The number of hydrogen-bond acceptors (Lipinski definition) is 5. The number of nitrogens with zero attached hydrogens (tertiary/aromatic N) is 4. The Morgan fingerprint density at radius 3 is 2.50 bits per heavy atom. The quantitative estimate of drug-likeness (QED) is 0.588. The molecule has 26 heavy (non-hydrogen) atoms. The van der Waals surface area contributed by atoms with Crippen LogP contribution < -0.4 is 9.47 Å². The van der Waals surface area contributed by atoms with Crippen molar-refractivity contribution in [1.82, 2.24) is 19.7 Å². The van der Waals surface area contributed by atoms with Crippen LogP contribution in [0.2, 0.25) is 10.0 Å². The van der Waals surface area contributed by atoms with Gasteiger partial charge in [0.05, 0.1) is 17.3 Å². The summed E-state index contributed by atoms with van der Waals surface area (Å²) in [7, 11) is 0. The van der Waals surface area contributed by atoms with Crippen molar-refractivity contribution in [3.05, 3.63) is 51.9 Å². The molecule has 0 atom stereocenters. The molecule has 0 aliphatic rings. The van der Waals surface area contributed by atoms with Gasteiger partial charge in [-0.1, -0.05) is 36.2 Å². The van der Waals surface area contributed by atoms with Gasteiger partial charge in [-0.25, -0.2) is 9.97 Å². The topological polar surface area (TPSA) is 62.1 Å². The van der Waals surface area contributed by atoms with Crippen LogP contribution in [0.5, 0.6) is 17.4 Å². The van der Waals surface area contributed by atoms with Gasteiger partial charge < -0.3 is 9.47 Å². The lowest BCUT2D eigenvalue weighted by molar-refractivity contribution is 0.308. The second-order valence-electron chi connectivity index (χ2n) is 5.46. The van der Waals surface area contributed by atoms with E-state index in [9.17, 15) is 0 Å². The third-order valence-electron chi connectivity index (χ3n) is 3.73. The molecule has 0 spiro atoms. The number of ether oxygens (including phenoxy) is 2. The SMILES string of the molecule is CCOc1nn(-c2ncc(CC)cn2)c(C)c1Oc1cccc(Cl)c1Cl. The molecule has 0 saturated heterocycles. The van der Waals surface area contributed by atoms with Crippen LogP contribution in [-0.2, 0) is 6.42 Å². The molecule has 2 heterocycles. The molecule has 0 unspecified atom stereocenters. The lowest BCUT2D eigenvalue weighted by Crippen LogP contribution is -2.05. The summed E-state index contributed by atoms with van der Waals surface area (Å²) < 4.78 is 13.2. The molecule has 3 aromatic rings. The summed E-state index contributed by atoms with van der Waals surface area (Å²) in [5.41, 5.74) is 1.74. The third-order valence-corrected chi connectivity index (χ3v) is 4.53. The molecular formula is C18H18Cl2N4O2. The predicted molar refractivity (Wildman–Crippen MR) is 101 cm³/mol. The van der Waals surface area contributed by atoms with E-state index >= 15 is 0 Å². The Hall–Kier alpha value is -2.31. The Labute approximate surface area is 161 Å². The normalized spacial score (nSPS) is 10.8. The Morgan fingerprint density at radius 1 is 1.12 bits per heavy atom. The van der Waals surface area contributed by atoms with Crippen LogP contribution in [0.25, 0.3) is 5.95 Å². The molecule has 0 bridgehead atoms. The summed E-state index contributed by atoms with van der Waals surface area (Å²) >= 11 is 12.3. The van der Waals surface area contributed by atoms with Crippen molar-refractivity contribution in [1.29, 1.82) is 0 Å². The first-order valence-electron chi connectivity index (χ1n) is 8.20. The van der Waals surface area contributed by atoms with Crippen molar-refractivity contribution < 1.29 is 9.47 Å². The van der Waals surface area contributed by atoms with Gasteiger partial charge in [0.15, 0.2) is 0 Å². The molecule has 0 amide bonds. The summed E-state index contributed by atoms with van der Waals surface area (Å²) in [6, 6.07) is 5.18. The fourth-order valence-corrected chi connectivity index (χ4v) is 2.65. The van der Waals surface area contributed by atoms with Gasteiger partial charge in [0, 0.05) is 12.4 Å². The maximum Gasteiger partial charge on any atom is 0.277 e. The smallest absolute Gasteiger partial charge is 0.277 e. The Kier molecular flexibility index (Phi) is 5.64. The van der Waals surface area contributed by atoms with Gasteiger partial charge in [-0.05, 0) is 38.0 Å². The van der Waals surface area contributed by atoms with Crippen LogP contribution in [-0.4, -0.2) is 26.4 Å². The van der Waals surface area contributed by atoms with Gasteiger partial charge in [-0.15, -0.1) is 5.10 Å². The molecule has 1 aromatic carbocycles. The zero-order valence-electron chi connectivity index (χ0n) is 14.7. The maximum absolute atomic E-state index is 6.23. The zero-order valence-corrected chi connectivity index (χ0v) is 16.2. The van der Waals surface area contributed by atoms with Crippen molar-refractivity contribution >= 4 is 23.2 Å². The maximum atomic E-state index is 6.23. The number of aromatic nitrogens is 4. The number of rotatable bonds is 6. The highest BCUT2D eigenvalue weighted by Crippen LogP contribution is 2.40. The van der Waals surface area contributed by atoms with Gasteiger partial charge >= 0.3 is 0 Å². The van der Waals surface area contributed by atoms with Crippen molar-refractivity contribution in [2.75, 3.05) is 6.61 Å². The predicted octanol–water partition coefficient (Wildman–Crippen LogP) is 5.03. The summed E-state index contributed by atoms with van der Waals surface area (Å²) in [6.45, 7) is 6.20. The molecule has 8 heteroatoms. The van der Waals surface area contributed by atoms with E-state index in [4.69, 9.17) is 32.7 Å². The molecular weight excluding hydrogens is 375 g/mol. The van der Waals surface area contributed by atoms with Gasteiger partial charge in [0.2, 0.25) is 5.75 Å². The van der Waals surface area contributed by atoms with Crippen molar-refractivity contribution in [2.45, 2.75) is 27.2 Å². The molecule has 0 N–H and O–H groups in total. The monoisotopic (exact) mass is 392 g/mol. The first-order valence-corrected chi connectivity index (χ1v) is 8.96. The molecule has 136 valence electrons. The van der Waals surface area contributed by atoms with Crippen LogP contribution in [0, 0.1) is 6.92 Å². The number of hydrogen-bond donors (Lipinski definition) is 0. The first-order chi connectivity index (χ1) is 12.5. The average molecular weight is 393 g/mol. The summed E-state index contributed by atoms with van der Waals surface area (Å²) in [5.74, 6) is 1.64. The lowest BCUT2D eigenvalue weighted by Gasteiger charge is -2.09. The van der Waals surface area contributed by atoms with E-state index in [1.807, 2.05) is 20.8 Å². The molecule has 0 fully saturated rings. The largest absolute Gasteiger partial charge is 0.474 e. The zero-order chi connectivity index (χ0) is 18.7. The fourth-order valence-electron chi connectivity index (χ4n) is 2.32. The molecule has 3 rings (SSSR count). The average Bonchev–Trinajstić information content (AvgIpc) is 2.95. The highest BCUT2D eigenvalue weighted by Gasteiger charge is 2.22. The number of halogens is 2. The van der Waals surface area contributed by atoms with E-state index in [1.165, 1.54) is 0 Å². The van der Waals surface area contributed by atoms with Gasteiger partial charge in [0.1, 0.15) is 10.8 Å². The lowest BCUT2D eigenvalue weighted by atomic mass is 10.3. The number of aryl methyl sites for hydroxylation is 1.